The normalized spacial score (nSPS) is 12.8. The Morgan fingerprint density at radius 2 is 2.03 bits per heavy atom. The quantitative estimate of drug-likeness (QED) is 0.457. The molecule has 0 radical (unpaired) electrons. The molecule has 1 N–H and O–H groups in total. The highest BCUT2D eigenvalue weighted by Gasteiger charge is 2.22. The first-order valence-electron chi connectivity index (χ1n) is 10.3. The van der Waals surface area contributed by atoms with Crippen LogP contribution in [0.1, 0.15) is 23.2 Å². The lowest BCUT2D eigenvalue weighted by Gasteiger charge is -2.16. The molecule has 0 fully saturated rings. The standard InChI is InChI=1S/C22H30N4O3S/c1-25(2)13-14-26-19-6-4-5-18(19)21(24-22(26)28)30-15-20(27)23-12-11-16-7-9-17(29-3)10-8-16/h7-10H,4-6,11-15H2,1-3H3,(H,23,27). The van der Waals surface area contributed by atoms with Crippen LogP contribution in [0.15, 0.2) is 34.1 Å². The summed E-state index contributed by atoms with van der Waals surface area (Å²) in [7, 11) is 5.63. The van der Waals surface area contributed by atoms with Crippen molar-refractivity contribution in [3.05, 3.63) is 51.6 Å². The molecule has 0 atom stereocenters. The van der Waals surface area contributed by atoms with Crippen molar-refractivity contribution in [1.29, 1.82) is 0 Å². The van der Waals surface area contributed by atoms with Crippen LogP contribution in [0, 0.1) is 0 Å². The van der Waals surface area contributed by atoms with Crippen molar-refractivity contribution in [2.75, 3.05) is 40.0 Å². The summed E-state index contributed by atoms with van der Waals surface area (Å²) in [6.07, 6.45) is 3.62. The maximum Gasteiger partial charge on any atom is 0.348 e. The van der Waals surface area contributed by atoms with Gasteiger partial charge in [0.1, 0.15) is 10.8 Å². The third kappa shape index (κ3) is 5.86. The van der Waals surface area contributed by atoms with E-state index in [1.165, 1.54) is 11.8 Å². The van der Waals surface area contributed by atoms with Gasteiger partial charge >= 0.3 is 5.69 Å². The van der Waals surface area contributed by atoms with Crippen molar-refractivity contribution in [2.24, 2.45) is 0 Å². The number of ether oxygens (including phenoxy) is 1. The zero-order chi connectivity index (χ0) is 21.5. The van der Waals surface area contributed by atoms with Crippen LogP contribution in [0.25, 0.3) is 0 Å². The number of carbonyl (C=O) groups excluding carboxylic acids is 1. The van der Waals surface area contributed by atoms with Gasteiger partial charge in [0.15, 0.2) is 0 Å². The zero-order valence-corrected chi connectivity index (χ0v) is 18.8. The summed E-state index contributed by atoms with van der Waals surface area (Å²) >= 11 is 1.37. The lowest BCUT2D eigenvalue weighted by Crippen LogP contribution is -2.31. The molecule has 162 valence electrons. The Hall–Kier alpha value is -2.32. The van der Waals surface area contributed by atoms with Crippen molar-refractivity contribution < 1.29 is 9.53 Å². The molecule has 0 saturated heterocycles. The van der Waals surface area contributed by atoms with Crippen LogP contribution in [-0.4, -0.2) is 60.4 Å². The highest BCUT2D eigenvalue weighted by atomic mass is 32.2. The Labute approximate surface area is 181 Å². The zero-order valence-electron chi connectivity index (χ0n) is 17.9. The second kappa shape index (κ2) is 10.6. The van der Waals surface area contributed by atoms with Crippen LogP contribution in [0.3, 0.4) is 0 Å². The number of hydrogen-bond donors (Lipinski definition) is 1. The van der Waals surface area contributed by atoms with Crippen LogP contribution in [-0.2, 0) is 30.6 Å². The maximum atomic E-state index is 12.5. The molecule has 2 aromatic rings. The molecule has 1 aliphatic rings. The van der Waals surface area contributed by atoms with Crippen LogP contribution < -0.4 is 15.7 Å². The van der Waals surface area contributed by atoms with E-state index >= 15 is 0 Å². The minimum absolute atomic E-state index is 0.0427. The molecule has 1 aromatic carbocycles. The number of likely N-dealkylation sites (N-methyl/N-ethyl adjacent to an activating group) is 1. The monoisotopic (exact) mass is 430 g/mol. The van der Waals surface area contributed by atoms with E-state index in [0.29, 0.717) is 13.1 Å². The first kappa shape index (κ1) is 22.4. The van der Waals surface area contributed by atoms with Crippen LogP contribution >= 0.6 is 11.8 Å². The third-order valence-electron chi connectivity index (χ3n) is 5.21. The number of benzene rings is 1. The van der Waals surface area contributed by atoms with Crippen molar-refractivity contribution in [3.8, 4) is 5.75 Å². The smallest absolute Gasteiger partial charge is 0.348 e. The summed E-state index contributed by atoms with van der Waals surface area (Å²) in [5.74, 6) is 1.05. The molecule has 30 heavy (non-hydrogen) atoms. The minimum atomic E-state index is -0.208. The van der Waals surface area contributed by atoms with Crippen LogP contribution in [0.5, 0.6) is 5.75 Å². The molecule has 1 amide bonds. The predicted octanol–water partition coefficient (Wildman–Crippen LogP) is 1.75. The van der Waals surface area contributed by atoms with Gasteiger partial charge in [-0.15, -0.1) is 0 Å². The van der Waals surface area contributed by atoms with E-state index in [1.54, 1.807) is 11.7 Å². The fourth-order valence-corrected chi connectivity index (χ4v) is 4.47. The van der Waals surface area contributed by atoms with Crippen molar-refractivity contribution >= 4 is 17.7 Å². The summed E-state index contributed by atoms with van der Waals surface area (Å²) < 4.78 is 6.96. The van der Waals surface area contributed by atoms with E-state index < -0.39 is 0 Å². The van der Waals surface area contributed by atoms with Gasteiger partial charge in [-0.2, -0.15) is 4.98 Å². The molecular formula is C22H30N4O3S. The van der Waals surface area contributed by atoms with Crippen LogP contribution in [0.2, 0.25) is 0 Å². The molecular weight excluding hydrogens is 400 g/mol. The molecule has 0 saturated carbocycles. The molecule has 0 spiro atoms. The van der Waals surface area contributed by atoms with E-state index in [1.807, 2.05) is 38.4 Å². The summed E-state index contributed by atoms with van der Waals surface area (Å²) in [4.78, 5) is 31.2. The Morgan fingerprint density at radius 1 is 1.27 bits per heavy atom. The van der Waals surface area contributed by atoms with Gasteiger partial charge in [-0.3, -0.25) is 9.36 Å². The van der Waals surface area contributed by atoms with Gasteiger partial charge in [0.2, 0.25) is 5.91 Å². The number of aromatic nitrogens is 2. The number of nitrogens with one attached hydrogen (secondary N) is 1. The van der Waals surface area contributed by atoms with E-state index in [0.717, 1.165) is 59.8 Å². The number of nitrogens with zero attached hydrogens (tertiary/aromatic N) is 3. The lowest BCUT2D eigenvalue weighted by molar-refractivity contribution is -0.118. The van der Waals surface area contributed by atoms with Gasteiger partial charge < -0.3 is 15.0 Å². The number of hydrogen-bond acceptors (Lipinski definition) is 6. The van der Waals surface area contributed by atoms with Gasteiger partial charge in [-0.05, 0) is 57.5 Å². The second-order valence-electron chi connectivity index (χ2n) is 7.67. The fraction of sp³-hybridized carbons (Fsp3) is 0.500. The molecule has 7 nitrogen and oxygen atoms in total. The van der Waals surface area contributed by atoms with E-state index in [4.69, 9.17) is 4.74 Å². The average molecular weight is 431 g/mol. The molecule has 0 unspecified atom stereocenters. The maximum absolute atomic E-state index is 12.5. The number of methoxy groups -OCH3 is 1. The van der Waals surface area contributed by atoms with Crippen molar-refractivity contribution in [2.45, 2.75) is 37.3 Å². The summed E-state index contributed by atoms with van der Waals surface area (Å²) in [6, 6.07) is 7.83. The Bertz CT molecular complexity index is 925. The Balaban J connectivity index is 1.53. The summed E-state index contributed by atoms with van der Waals surface area (Å²) in [6.45, 7) is 2.03. The molecule has 0 bridgehead atoms. The first-order valence-corrected chi connectivity index (χ1v) is 11.3. The van der Waals surface area contributed by atoms with Gasteiger partial charge in [-0.1, -0.05) is 23.9 Å². The number of fused-ring (bicyclic) bond motifs is 1. The van der Waals surface area contributed by atoms with Crippen LogP contribution in [0.4, 0.5) is 0 Å². The van der Waals surface area contributed by atoms with Crippen molar-refractivity contribution in [3.63, 3.8) is 0 Å². The van der Waals surface area contributed by atoms with Gasteiger partial charge in [0.25, 0.3) is 0 Å². The molecule has 3 rings (SSSR count). The second-order valence-corrected chi connectivity index (χ2v) is 8.63. The number of thioether (sulfide) groups is 1. The van der Waals surface area contributed by atoms with Gasteiger partial charge in [0, 0.05) is 30.9 Å². The number of carbonyl (C=O) groups is 1. The molecule has 1 aliphatic carbocycles. The predicted molar refractivity (Wildman–Crippen MR) is 120 cm³/mol. The Morgan fingerprint density at radius 3 is 2.73 bits per heavy atom. The van der Waals surface area contributed by atoms with E-state index in [9.17, 15) is 9.59 Å². The van der Waals surface area contributed by atoms with E-state index in [2.05, 4.69) is 15.2 Å². The minimum Gasteiger partial charge on any atom is -0.497 e. The fourth-order valence-electron chi connectivity index (χ4n) is 3.56. The highest BCUT2D eigenvalue weighted by molar-refractivity contribution is 7.99. The van der Waals surface area contributed by atoms with Crippen molar-refractivity contribution in [1.82, 2.24) is 19.8 Å². The van der Waals surface area contributed by atoms with Gasteiger partial charge in [-0.25, -0.2) is 4.79 Å². The molecule has 8 heteroatoms. The largest absolute Gasteiger partial charge is 0.497 e. The topological polar surface area (TPSA) is 76.5 Å². The summed E-state index contributed by atoms with van der Waals surface area (Å²) in [5.41, 5.74) is 3.17. The van der Waals surface area contributed by atoms with E-state index in [-0.39, 0.29) is 17.3 Å². The number of rotatable bonds is 10. The Kier molecular flexibility index (Phi) is 7.93. The first-order chi connectivity index (χ1) is 14.5. The van der Waals surface area contributed by atoms with Gasteiger partial charge in [0.05, 0.1) is 12.9 Å². The number of amides is 1. The molecule has 0 aliphatic heterocycles. The molecule has 1 aromatic heterocycles. The summed E-state index contributed by atoms with van der Waals surface area (Å²) in [5, 5.41) is 3.67. The third-order valence-corrected chi connectivity index (χ3v) is 6.22. The lowest BCUT2D eigenvalue weighted by atomic mass is 10.1. The average Bonchev–Trinajstić information content (AvgIpc) is 3.21. The highest BCUT2D eigenvalue weighted by Crippen LogP contribution is 2.29. The molecule has 1 heterocycles. The SMILES string of the molecule is COc1ccc(CCNC(=O)CSc2nc(=O)n(CCN(C)C)c3c2CCC3)cc1.